The molecule has 1 aromatic carbocycles. The first-order valence-corrected chi connectivity index (χ1v) is 9.35. The summed E-state index contributed by atoms with van der Waals surface area (Å²) in [4.78, 5) is 29.5. The lowest BCUT2D eigenvalue weighted by Gasteiger charge is -2.19. The molecule has 1 atom stereocenters. The predicted molar refractivity (Wildman–Crippen MR) is 99.2 cm³/mol. The van der Waals surface area contributed by atoms with Gasteiger partial charge in [0.2, 0.25) is 11.8 Å². The van der Waals surface area contributed by atoms with Gasteiger partial charge in [0, 0.05) is 42.7 Å². The number of rotatable bonds is 7. The van der Waals surface area contributed by atoms with Gasteiger partial charge >= 0.3 is 0 Å². The largest absolute Gasteiger partial charge is 0.361 e. The van der Waals surface area contributed by atoms with Crippen molar-refractivity contribution in [2.45, 2.75) is 45.6 Å². The summed E-state index contributed by atoms with van der Waals surface area (Å²) in [6.45, 7) is 5.09. The Labute approximate surface area is 152 Å². The highest BCUT2D eigenvalue weighted by Gasteiger charge is 2.34. The third-order valence-electron chi connectivity index (χ3n) is 5.30. The first-order valence-electron chi connectivity index (χ1n) is 9.35. The summed E-state index contributed by atoms with van der Waals surface area (Å²) in [5, 5.41) is 3.88. The fourth-order valence-corrected chi connectivity index (χ4v) is 3.59. The third kappa shape index (κ3) is 3.89. The molecule has 1 fully saturated rings. The first kappa shape index (κ1) is 18.4. The number of aromatic nitrogens is 1. The van der Waals surface area contributed by atoms with Crippen molar-refractivity contribution in [3.8, 4) is 0 Å². The van der Waals surface area contributed by atoms with Crippen molar-refractivity contribution in [2.24, 2.45) is 5.92 Å². The summed E-state index contributed by atoms with van der Waals surface area (Å²) in [5.74, 6) is -0.554. The second kappa shape index (κ2) is 7.89. The number of carbonyl (C=O) groups is 2. The van der Waals surface area contributed by atoms with E-state index in [1.54, 1.807) is 11.0 Å². The lowest BCUT2D eigenvalue weighted by atomic mass is 10.1. The summed E-state index contributed by atoms with van der Waals surface area (Å²) < 4.78 is 13.5. The molecule has 140 valence electrons. The summed E-state index contributed by atoms with van der Waals surface area (Å²) in [5.41, 5.74) is 1.87. The molecule has 2 heterocycles. The summed E-state index contributed by atoms with van der Waals surface area (Å²) in [6, 6.07) is 4.83. The Balaban J connectivity index is 1.59. The van der Waals surface area contributed by atoms with Crippen LogP contribution in [0.3, 0.4) is 0 Å². The van der Waals surface area contributed by atoms with Gasteiger partial charge in [0.15, 0.2) is 0 Å². The molecule has 2 aromatic rings. The van der Waals surface area contributed by atoms with Crippen LogP contribution in [0.5, 0.6) is 0 Å². The number of nitrogens with zero attached hydrogens (tertiary/aromatic N) is 1. The molecule has 1 aromatic heterocycles. The number of carbonyl (C=O) groups excluding carboxylic acids is 2. The van der Waals surface area contributed by atoms with Gasteiger partial charge in [-0.25, -0.2) is 4.39 Å². The van der Waals surface area contributed by atoms with E-state index in [9.17, 15) is 14.0 Å². The van der Waals surface area contributed by atoms with Crippen LogP contribution in [0.2, 0.25) is 0 Å². The zero-order chi connectivity index (χ0) is 18.7. The van der Waals surface area contributed by atoms with Crippen LogP contribution in [0, 0.1) is 11.7 Å². The molecule has 2 amide bonds. The zero-order valence-corrected chi connectivity index (χ0v) is 15.3. The maximum atomic E-state index is 13.5. The van der Waals surface area contributed by atoms with E-state index in [0.717, 1.165) is 29.3 Å². The minimum Gasteiger partial charge on any atom is -0.361 e. The topological polar surface area (TPSA) is 65.2 Å². The van der Waals surface area contributed by atoms with Gasteiger partial charge in [0.1, 0.15) is 5.82 Å². The number of H-pyrrole nitrogens is 1. The quantitative estimate of drug-likeness (QED) is 0.798. The van der Waals surface area contributed by atoms with Gasteiger partial charge in [0.25, 0.3) is 0 Å². The third-order valence-corrected chi connectivity index (χ3v) is 5.30. The zero-order valence-electron chi connectivity index (χ0n) is 15.3. The number of likely N-dealkylation sites (tertiary alicyclic amines) is 1. The van der Waals surface area contributed by atoms with E-state index in [0.29, 0.717) is 19.5 Å². The van der Waals surface area contributed by atoms with Gasteiger partial charge in [-0.2, -0.15) is 0 Å². The predicted octanol–water partition coefficient (Wildman–Crippen LogP) is 3.00. The second-order valence-electron chi connectivity index (χ2n) is 7.02. The molecule has 3 rings (SSSR count). The van der Waals surface area contributed by atoms with Crippen molar-refractivity contribution < 1.29 is 14.0 Å². The van der Waals surface area contributed by atoms with E-state index >= 15 is 0 Å². The van der Waals surface area contributed by atoms with Crippen molar-refractivity contribution in [1.82, 2.24) is 15.2 Å². The molecule has 0 bridgehead atoms. The lowest BCUT2D eigenvalue weighted by molar-refractivity contribution is -0.129. The molecule has 5 nitrogen and oxygen atoms in total. The SMILES string of the molecule is CCC(CC)NC(=O)[C@@H]1CC(=O)N(CCc2c[nH]c3ccc(F)cc23)C1. The van der Waals surface area contributed by atoms with Crippen LogP contribution in [0.25, 0.3) is 10.9 Å². The maximum absolute atomic E-state index is 13.5. The Morgan fingerprint density at radius 2 is 2.15 bits per heavy atom. The average molecular weight is 359 g/mol. The van der Waals surface area contributed by atoms with Crippen LogP contribution >= 0.6 is 0 Å². The average Bonchev–Trinajstić information content (AvgIpc) is 3.20. The fourth-order valence-electron chi connectivity index (χ4n) is 3.59. The van der Waals surface area contributed by atoms with Crippen LogP contribution < -0.4 is 5.32 Å². The molecule has 0 radical (unpaired) electrons. The van der Waals surface area contributed by atoms with Crippen LogP contribution in [0.15, 0.2) is 24.4 Å². The number of benzene rings is 1. The molecule has 26 heavy (non-hydrogen) atoms. The molecular formula is C20H26FN3O2. The highest BCUT2D eigenvalue weighted by atomic mass is 19.1. The maximum Gasteiger partial charge on any atom is 0.225 e. The minimum absolute atomic E-state index is 0.0146. The molecule has 6 heteroatoms. The molecule has 1 saturated heterocycles. The Morgan fingerprint density at radius 3 is 2.88 bits per heavy atom. The lowest BCUT2D eigenvalue weighted by Crippen LogP contribution is -2.39. The number of aromatic amines is 1. The smallest absolute Gasteiger partial charge is 0.225 e. The van der Waals surface area contributed by atoms with E-state index in [-0.39, 0.29) is 36.0 Å². The highest BCUT2D eigenvalue weighted by molar-refractivity contribution is 5.89. The second-order valence-corrected chi connectivity index (χ2v) is 7.02. The Hall–Kier alpha value is -2.37. The first-order chi connectivity index (χ1) is 12.5. The van der Waals surface area contributed by atoms with Crippen molar-refractivity contribution in [1.29, 1.82) is 0 Å². The van der Waals surface area contributed by atoms with Crippen molar-refractivity contribution in [3.63, 3.8) is 0 Å². The van der Waals surface area contributed by atoms with Crippen LogP contribution in [0.4, 0.5) is 4.39 Å². The van der Waals surface area contributed by atoms with Crippen LogP contribution in [-0.2, 0) is 16.0 Å². The fraction of sp³-hybridized carbons (Fsp3) is 0.500. The number of halogens is 1. The van der Waals surface area contributed by atoms with Gasteiger partial charge in [-0.15, -0.1) is 0 Å². The number of fused-ring (bicyclic) bond motifs is 1. The Morgan fingerprint density at radius 1 is 1.38 bits per heavy atom. The van der Waals surface area contributed by atoms with Gasteiger partial charge in [-0.3, -0.25) is 9.59 Å². The minimum atomic E-state index is -0.275. The van der Waals surface area contributed by atoms with Crippen LogP contribution in [-0.4, -0.2) is 40.8 Å². The van der Waals surface area contributed by atoms with Gasteiger partial charge in [-0.05, 0) is 43.0 Å². The van der Waals surface area contributed by atoms with E-state index < -0.39 is 0 Å². The van der Waals surface area contributed by atoms with Gasteiger partial charge < -0.3 is 15.2 Å². The highest BCUT2D eigenvalue weighted by Crippen LogP contribution is 2.22. The van der Waals surface area contributed by atoms with E-state index in [1.807, 2.05) is 20.0 Å². The van der Waals surface area contributed by atoms with E-state index in [4.69, 9.17) is 0 Å². The standard InChI is InChI=1S/C20H26FN3O2/c1-3-16(4-2)23-20(26)14-9-19(25)24(12-14)8-7-13-11-22-18-6-5-15(21)10-17(13)18/h5-6,10-11,14,16,22H,3-4,7-9,12H2,1-2H3,(H,23,26)/t14-/m1/s1. The summed E-state index contributed by atoms with van der Waals surface area (Å²) >= 11 is 0. The molecule has 1 aliphatic rings. The normalized spacial score (nSPS) is 17.5. The van der Waals surface area contributed by atoms with Crippen LogP contribution in [0.1, 0.15) is 38.7 Å². The monoisotopic (exact) mass is 359 g/mol. The number of hydrogen-bond acceptors (Lipinski definition) is 2. The Bertz CT molecular complexity index is 797. The molecule has 0 unspecified atom stereocenters. The molecule has 0 spiro atoms. The van der Waals surface area contributed by atoms with Gasteiger partial charge in [0.05, 0.1) is 5.92 Å². The van der Waals surface area contributed by atoms with E-state index in [1.165, 1.54) is 12.1 Å². The molecular weight excluding hydrogens is 333 g/mol. The number of nitrogens with one attached hydrogen (secondary N) is 2. The molecule has 2 N–H and O–H groups in total. The van der Waals surface area contributed by atoms with Crippen molar-refractivity contribution in [3.05, 3.63) is 35.8 Å². The summed E-state index contributed by atoms with van der Waals surface area (Å²) in [7, 11) is 0. The number of hydrogen-bond donors (Lipinski definition) is 2. The molecule has 1 aliphatic heterocycles. The van der Waals surface area contributed by atoms with Crippen molar-refractivity contribution >= 4 is 22.7 Å². The molecule has 0 saturated carbocycles. The summed E-state index contributed by atoms with van der Waals surface area (Å²) in [6.07, 6.45) is 4.56. The van der Waals surface area contributed by atoms with Crippen molar-refractivity contribution in [2.75, 3.05) is 13.1 Å². The van der Waals surface area contributed by atoms with Gasteiger partial charge in [-0.1, -0.05) is 13.8 Å². The Kier molecular flexibility index (Phi) is 5.59. The van der Waals surface area contributed by atoms with E-state index in [2.05, 4.69) is 10.3 Å². The number of amides is 2. The molecule has 0 aliphatic carbocycles.